The molecule has 0 aliphatic rings. The maximum Gasteiger partial charge on any atom is 0.306 e. The highest BCUT2D eigenvalue weighted by atomic mass is 16.6. The van der Waals surface area contributed by atoms with Crippen LogP contribution in [0.3, 0.4) is 0 Å². The first kappa shape index (κ1) is 57.3. The van der Waals surface area contributed by atoms with E-state index in [0.717, 1.165) is 154 Å². The van der Waals surface area contributed by atoms with E-state index >= 15 is 0 Å². The van der Waals surface area contributed by atoms with Gasteiger partial charge in [-0.25, -0.2) is 0 Å². The van der Waals surface area contributed by atoms with Crippen LogP contribution in [-0.2, 0) is 38.2 Å². The first-order valence-electron chi connectivity index (χ1n) is 24.5. The lowest BCUT2D eigenvalue weighted by molar-refractivity contribution is -0.157. The molecule has 0 heterocycles. The minimum absolute atomic E-state index is 0.0362. The Labute approximate surface area is 365 Å². The minimum Gasteiger partial charge on any atom is -0.466 e. The van der Waals surface area contributed by atoms with Crippen molar-refractivity contribution in [3.8, 4) is 0 Å². The number of rotatable bonds is 43. The molecule has 4 unspecified atom stereocenters. The Balaban J connectivity index is 3.85. The van der Waals surface area contributed by atoms with Gasteiger partial charge in [-0.15, -0.1) is 0 Å². The van der Waals surface area contributed by atoms with E-state index < -0.39 is 24.4 Å². The van der Waals surface area contributed by atoms with Crippen molar-refractivity contribution in [3.63, 3.8) is 0 Å². The van der Waals surface area contributed by atoms with E-state index in [9.17, 15) is 34.2 Å². The van der Waals surface area contributed by atoms with Crippen LogP contribution in [0.25, 0.3) is 0 Å². The predicted molar refractivity (Wildman–Crippen MR) is 239 cm³/mol. The highest BCUT2D eigenvalue weighted by molar-refractivity contribution is 5.78. The van der Waals surface area contributed by atoms with Crippen LogP contribution in [0, 0.1) is 0 Å². The minimum atomic E-state index is -0.683. The predicted octanol–water partition coefficient (Wildman–Crippen LogP) is 10.2. The number of carbonyl (C=O) groups is 5. The van der Waals surface area contributed by atoms with Crippen LogP contribution in [0.1, 0.15) is 240 Å². The third kappa shape index (κ3) is 36.0. The molecule has 0 radical (unpaired) electrons. The van der Waals surface area contributed by atoms with E-state index in [4.69, 9.17) is 14.2 Å². The molecule has 0 aromatic heterocycles. The van der Waals surface area contributed by atoms with Crippen molar-refractivity contribution in [2.24, 2.45) is 0 Å². The largest absolute Gasteiger partial charge is 0.466 e. The molecule has 12 nitrogen and oxygen atoms in total. The molecule has 0 fully saturated rings. The maximum atomic E-state index is 12.4. The van der Waals surface area contributed by atoms with Crippen LogP contribution in [-0.4, -0.2) is 77.6 Å². The number of carbonyl (C=O) groups excluding carboxylic acids is 5. The van der Waals surface area contributed by atoms with E-state index in [2.05, 4.69) is 24.5 Å². The summed E-state index contributed by atoms with van der Waals surface area (Å²) in [7, 11) is 0. The Morgan fingerprint density at radius 1 is 0.417 bits per heavy atom. The Hall–Kier alpha value is -2.73. The monoisotopic (exact) mass is 855 g/mol. The number of aliphatic hydroxyl groups is 2. The Morgan fingerprint density at radius 2 is 0.800 bits per heavy atom. The average molecular weight is 855 g/mol. The molecule has 0 rings (SSSR count). The average Bonchev–Trinajstić information content (AvgIpc) is 3.23. The number of esters is 3. The second-order valence-electron chi connectivity index (χ2n) is 16.7. The van der Waals surface area contributed by atoms with Gasteiger partial charge in [0.15, 0.2) is 0 Å². The summed E-state index contributed by atoms with van der Waals surface area (Å²) in [6, 6.07) is 0. The van der Waals surface area contributed by atoms with Crippen LogP contribution in [0.15, 0.2) is 0 Å². The first-order valence-corrected chi connectivity index (χ1v) is 24.5. The molecule has 60 heavy (non-hydrogen) atoms. The van der Waals surface area contributed by atoms with Crippen molar-refractivity contribution in [2.45, 2.75) is 264 Å². The van der Waals surface area contributed by atoms with Gasteiger partial charge in [0.1, 0.15) is 12.2 Å². The molecule has 0 aliphatic carbocycles. The Bertz CT molecular complexity index is 1070. The van der Waals surface area contributed by atoms with E-state index in [-0.39, 0.29) is 49.2 Å². The van der Waals surface area contributed by atoms with E-state index in [1.54, 1.807) is 6.92 Å². The van der Waals surface area contributed by atoms with E-state index in [1.807, 2.05) is 6.92 Å². The van der Waals surface area contributed by atoms with Gasteiger partial charge in [-0.05, 0) is 64.2 Å². The second-order valence-corrected chi connectivity index (χ2v) is 16.7. The molecule has 12 heteroatoms. The molecule has 0 aromatic carbocycles. The number of hydrogen-bond acceptors (Lipinski definition) is 10. The molecule has 0 bridgehead atoms. The molecular formula is C48H90N2O10. The van der Waals surface area contributed by atoms with Crippen LogP contribution in [0.2, 0.25) is 0 Å². The normalized spacial score (nSPS) is 13.2. The van der Waals surface area contributed by atoms with Gasteiger partial charge in [0.05, 0.1) is 25.5 Å². The number of aliphatic hydroxyl groups excluding tert-OH is 2. The van der Waals surface area contributed by atoms with Gasteiger partial charge in [0.2, 0.25) is 11.8 Å². The Kier molecular flexibility index (Phi) is 39.7. The molecular weight excluding hydrogens is 765 g/mol. The fourth-order valence-electron chi connectivity index (χ4n) is 7.19. The van der Waals surface area contributed by atoms with Gasteiger partial charge >= 0.3 is 17.9 Å². The van der Waals surface area contributed by atoms with Crippen molar-refractivity contribution in [1.29, 1.82) is 0 Å². The van der Waals surface area contributed by atoms with Crippen molar-refractivity contribution in [1.82, 2.24) is 10.6 Å². The summed E-state index contributed by atoms with van der Waals surface area (Å²) in [4.78, 5) is 60.2. The quantitative estimate of drug-likeness (QED) is 0.0200. The summed E-state index contributed by atoms with van der Waals surface area (Å²) < 4.78 is 16.2. The Morgan fingerprint density at radius 3 is 1.22 bits per heavy atom. The summed E-state index contributed by atoms with van der Waals surface area (Å²) in [5.41, 5.74) is 0. The number of nitrogens with one attached hydrogen (secondary N) is 2. The van der Waals surface area contributed by atoms with E-state index in [0.29, 0.717) is 51.6 Å². The molecule has 0 saturated heterocycles. The third-order valence-electron chi connectivity index (χ3n) is 11.0. The van der Waals surface area contributed by atoms with Gasteiger partial charge in [0, 0.05) is 32.1 Å². The zero-order valence-electron chi connectivity index (χ0n) is 38.7. The summed E-state index contributed by atoms with van der Waals surface area (Å²) >= 11 is 0. The molecule has 352 valence electrons. The second kappa shape index (κ2) is 41.6. The van der Waals surface area contributed by atoms with Crippen molar-refractivity contribution in [3.05, 3.63) is 0 Å². The van der Waals surface area contributed by atoms with Gasteiger partial charge in [-0.2, -0.15) is 0 Å². The highest BCUT2D eigenvalue weighted by Crippen LogP contribution is 2.20. The van der Waals surface area contributed by atoms with Crippen molar-refractivity contribution >= 4 is 29.7 Å². The number of hydrogen-bond donors (Lipinski definition) is 4. The third-order valence-corrected chi connectivity index (χ3v) is 11.0. The molecule has 4 N–H and O–H groups in total. The zero-order chi connectivity index (χ0) is 44.5. The van der Waals surface area contributed by atoms with Gasteiger partial charge in [-0.3, -0.25) is 24.0 Å². The summed E-state index contributed by atoms with van der Waals surface area (Å²) in [5, 5.41) is 27.0. The van der Waals surface area contributed by atoms with Crippen molar-refractivity contribution < 1.29 is 48.4 Å². The molecule has 0 spiro atoms. The SMILES string of the molecule is CCCCCC(OC(=O)CC)C(O)CCCCCCCCCCC(=O)NCNC(=O)CCCCCCCCCCC(O)C(CCCCC)OC(=O)CCCC(=O)OCCC. The topological polar surface area (TPSA) is 178 Å². The summed E-state index contributed by atoms with van der Waals surface area (Å²) in [6.45, 7) is 8.52. The van der Waals surface area contributed by atoms with Crippen LogP contribution in [0.5, 0.6) is 0 Å². The van der Waals surface area contributed by atoms with E-state index in [1.165, 1.54) is 0 Å². The fourth-order valence-corrected chi connectivity index (χ4v) is 7.19. The zero-order valence-corrected chi connectivity index (χ0v) is 38.7. The molecule has 2 amide bonds. The number of unbranched alkanes of at least 4 members (excludes halogenated alkanes) is 18. The standard InChI is InChI=1S/C48H90N2O10/c1-5-9-23-32-42(59-46(55)8-4)40(51)30-25-19-15-11-13-17-21-27-34-44(53)49-39-50-45(54)35-28-22-18-14-12-16-20-26-31-41(52)43(33-24-10-6-2)60-48(57)37-29-36-47(56)58-38-7-3/h40-43,51-52H,5-39H2,1-4H3,(H,49,53)(H,50,54). The smallest absolute Gasteiger partial charge is 0.306 e. The number of amides is 2. The van der Waals surface area contributed by atoms with Crippen molar-refractivity contribution in [2.75, 3.05) is 13.3 Å². The maximum absolute atomic E-state index is 12.4. The fraction of sp³-hybridized carbons (Fsp3) is 0.896. The van der Waals surface area contributed by atoms with Gasteiger partial charge in [0.25, 0.3) is 0 Å². The molecule has 0 aromatic rings. The molecule has 4 atom stereocenters. The summed E-state index contributed by atoms with van der Waals surface area (Å²) in [6.07, 6.45) is 25.7. The van der Waals surface area contributed by atoms with Crippen LogP contribution < -0.4 is 10.6 Å². The lowest BCUT2D eigenvalue weighted by Crippen LogP contribution is -2.37. The lowest BCUT2D eigenvalue weighted by Gasteiger charge is -2.23. The van der Waals surface area contributed by atoms with Gasteiger partial charge in [-0.1, -0.05) is 143 Å². The lowest BCUT2D eigenvalue weighted by atomic mass is 9.99. The van der Waals surface area contributed by atoms with Gasteiger partial charge < -0.3 is 35.1 Å². The number of ether oxygens (including phenoxy) is 3. The summed E-state index contributed by atoms with van der Waals surface area (Å²) in [5.74, 6) is -0.982. The van der Waals surface area contributed by atoms with Crippen LogP contribution in [0.4, 0.5) is 0 Å². The van der Waals surface area contributed by atoms with Crippen LogP contribution >= 0.6 is 0 Å². The first-order chi connectivity index (χ1) is 29.1. The highest BCUT2D eigenvalue weighted by Gasteiger charge is 2.24. The molecule has 0 aliphatic heterocycles. The molecule has 0 saturated carbocycles.